The summed E-state index contributed by atoms with van der Waals surface area (Å²) in [6.07, 6.45) is 3.26. The van der Waals surface area contributed by atoms with Crippen molar-refractivity contribution in [1.29, 1.82) is 0 Å². The summed E-state index contributed by atoms with van der Waals surface area (Å²) in [6, 6.07) is 9.63. The van der Waals surface area contributed by atoms with Crippen LogP contribution in [0.4, 0.5) is 5.69 Å². The number of hydrogen-bond donors (Lipinski definition) is 1. The number of carbonyl (C=O) groups excluding carboxylic acids is 1. The SMILES string of the molecule is Cc1ccc(C(C)C)c(OCC(=O)Nc2cccnc2)c1. The average molecular weight is 284 g/mol. The number of aromatic nitrogens is 1. The molecule has 0 aliphatic carbocycles. The lowest BCUT2D eigenvalue weighted by molar-refractivity contribution is -0.118. The summed E-state index contributed by atoms with van der Waals surface area (Å²) in [5.41, 5.74) is 2.89. The van der Waals surface area contributed by atoms with Crippen molar-refractivity contribution >= 4 is 11.6 Å². The number of amides is 1. The van der Waals surface area contributed by atoms with Crippen LogP contribution in [0, 0.1) is 6.92 Å². The van der Waals surface area contributed by atoms with Gasteiger partial charge in [-0.25, -0.2) is 0 Å². The molecule has 110 valence electrons. The number of ether oxygens (including phenoxy) is 1. The van der Waals surface area contributed by atoms with Gasteiger partial charge in [0.1, 0.15) is 5.75 Å². The van der Waals surface area contributed by atoms with Crippen molar-refractivity contribution in [2.45, 2.75) is 26.7 Å². The molecule has 1 N–H and O–H groups in total. The number of hydrogen-bond acceptors (Lipinski definition) is 3. The molecule has 2 aromatic rings. The van der Waals surface area contributed by atoms with Crippen LogP contribution in [0.15, 0.2) is 42.7 Å². The summed E-state index contributed by atoms with van der Waals surface area (Å²) in [5.74, 6) is 0.924. The molecule has 0 fully saturated rings. The van der Waals surface area contributed by atoms with Gasteiger partial charge in [0.2, 0.25) is 0 Å². The number of anilines is 1. The molecule has 1 amide bonds. The maximum atomic E-state index is 11.9. The molecular formula is C17H20N2O2. The molecule has 1 aromatic carbocycles. The summed E-state index contributed by atoms with van der Waals surface area (Å²) >= 11 is 0. The van der Waals surface area contributed by atoms with Crippen LogP contribution in [0.25, 0.3) is 0 Å². The highest BCUT2D eigenvalue weighted by Gasteiger charge is 2.10. The van der Waals surface area contributed by atoms with Crippen molar-refractivity contribution in [2.75, 3.05) is 11.9 Å². The lowest BCUT2D eigenvalue weighted by Gasteiger charge is -2.14. The van der Waals surface area contributed by atoms with E-state index in [2.05, 4.69) is 30.2 Å². The molecule has 0 aliphatic heterocycles. The van der Waals surface area contributed by atoms with Crippen molar-refractivity contribution < 1.29 is 9.53 Å². The second kappa shape index (κ2) is 6.88. The minimum absolute atomic E-state index is 0.0158. The van der Waals surface area contributed by atoms with E-state index >= 15 is 0 Å². The Morgan fingerprint density at radius 3 is 2.81 bits per heavy atom. The standard InChI is InChI=1S/C17H20N2O2/c1-12(2)15-7-6-13(3)9-16(15)21-11-17(20)19-14-5-4-8-18-10-14/h4-10,12H,11H2,1-3H3,(H,19,20). The molecule has 4 nitrogen and oxygen atoms in total. The highest BCUT2D eigenvalue weighted by Crippen LogP contribution is 2.27. The van der Waals surface area contributed by atoms with Gasteiger partial charge in [-0.15, -0.1) is 0 Å². The number of rotatable bonds is 5. The molecule has 0 atom stereocenters. The van der Waals surface area contributed by atoms with Crippen LogP contribution in [0.5, 0.6) is 5.75 Å². The summed E-state index contributed by atoms with van der Waals surface area (Å²) in [4.78, 5) is 15.8. The van der Waals surface area contributed by atoms with Gasteiger partial charge in [0.25, 0.3) is 5.91 Å². The Morgan fingerprint density at radius 1 is 1.33 bits per heavy atom. The number of pyridine rings is 1. The monoisotopic (exact) mass is 284 g/mol. The summed E-state index contributed by atoms with van der Waals surface area (Å²) in [7, 11) is 0. The zero-order valence-corrected chi connectivity index (χ0v) is 12.6. The van der Waals surface area contributed by atoms with Crippen molar-refractivity contribution in [3.8, 4) is 5.75 Å². The highest BCUT2D eigenvalue weighted by molar-refractivity contribution is 5.91. The third-order valence-electron chi connectivity index (χ3n) is 3.10. The lowest BCUT2D eigenvalue weighted by atomic mass is 10.0. The van der Waals surface area contributed by atoms with Gasteiger partial charge in [0.05, 0.1) is 11.9 Å². The fourth-order valence-electron chi connectivity index (χ4n) is 2.02. The topological polar surface area (TPSA) is 51.2 Å². The highest BCUT2D eigenvalue weighted by atomic mass is 16.5. The smallest absolute Gasteiger partial charge is 0.262 e. The third kappa shape index (κ3) is 4.31. The fourth-order valence-corrected chi connectivity index (χ4v) is 2.02. The van der Waals surface area contributed by atoms with Crippen molar-refractivity contribution in [3.63, 3.8) is 0 Å². The molecule has 1 aromatic heterocycles. The predicted molar refractivity (Wildman–Crippen MR) is 83.6 cm³/mol. The van der Waals surface area contributed by atoms with Gasteiger partial charge in [-0.2, -0.15) is 0 Å². The quantitative estimate of drug-likeness (QED) is 0.913. The van der Waals surface area contributed by atoms with Gasteiger partial charge in [-0.3, -0.25) is 9.78 Å². The number of nitrogens with one attached hydrogen (secondary N) is 1. The zero-order chi connectivity index (χ0) is 15.2. The number of nitrogens with zero attached hydrogens (tertiary/aromatic N) is 1. The first-order valence-electron chi connectivity index (χ1n) is 6.99. The first kappa shape index (κ1) is 15.0. The number of benzene rings is 1. The van der Waals surface area contributed by atoms with Gasteiger partial charge >= 0.3 is 0 Å². The molecule has 2 rings (SSSR count). The van der Waals surface area contributed by atoms with E-state index in [0.29, 0.717) is 11.6 Å². The van der Waals surface area contributed by atoms with E-state index in [0.717, 1.165) is 16.9 Å². The van der Waals surface area contributed by atoms with Crippen LogP contribution >= 0.6 is 0 Å². The minimum atomic E-state index is -0.195. The van der Waals surface area contributed by atoms with E-state index in [1.165, 1.54) is 0 Å². The van der Waals surface area contributed by atoms with Gasteiger partial charge in [0, 0.05) is 6.20 Å². The molecule has 0 aliphatic rings. The summed E-state index contributed by atoms with van der Waals surface area (Å²) < 4.78 is 5.68. The second-order valence-electron chi connectivity index (χ2n) is 5.27. The van der Waals surface area contributed by atoms with E-state index < -0.39 is 0 Å². The molecule has 21 heavy (non-hydrogen) atoms. The Bertz CT molecular complexity index is 609. The van der Waals surface area contributed by atoms with Crippen LogP contribution in [-0.2, 0) is 4.79 Å². The van der Waals surface area contributed by atoms with E-state index in [4.69, 9.17) is 4.74 Å². The first-order valence-corrected chi connectivity index (χ1v) is 6.99. The van der Waals surface area contributed by atoms with Crippen LogP contribution in [-0.4, -0.2) is 17.5 Å². The van der Waals surface area contributed by atoms with E-state index in [1.807, 2.05) is 19.1 Å². The molecule has 0 bridgehead atoms. The molecule has 0 saturated carbocycles. The van der Waals surface area contributed by atoms with Crippen molar-refractivity contribution in [1.82, 2.24) is 4.98 Å². The summed E-state index contributed by atoms with van der Waals surface area (Å²) in [6.45, 7) is 6.20. The van der Waals surface area contributed by atoms with Crippen LogP contribution in [0.3, 0.4) is 0 Å². The first-order chi connectivity index (χ1) is 10.1. The molecule has 0 saturated heterocycles. The largest absolute Gasteiger partial charge is 0.483 e. The lowest BCUT2D eigenvalue weighted by Crippen LogP contribution is -2.20. The number of aryl methyl sites for hydroxylation is 1. The summed E-state index contributed by atoms with van der Waals surface area (Å²) in [5, 5.41) is 2.75. The average Bonchev–Trinajstić information content (AvgIpc) is 2.46. The second-order valence-corrected chi connectivity index (χ2v) is 5.27. The Morgan fingerprint density at radius 2 is 2.14 bits per heavy atom. The molecule has 4 heteroatoms. The minimum Gasteiger partial charge on any atom is -0.483 e. The fraction of sp³-hybridized carbons (Fsp3) is 0.294. The molecule has 0 spiro atoms. The van der Waals surface area contributed by atoms with Gasteiger partial charge < -0.3 is 10.1 Å². The van der Waals surface area contributed by atoms with Crippen molar-refractivity contribution in [2.24, 2.45) is 0 Å². The maximum absolute atomic E-state index is 11.9. The Balaban J connectivity index is 1.99. The van der Waals surface area contributed by atoms with E-state index in [9.17, 15) is 4.79 Å². The van der Waals surface area contributed by atoms with Crippen LogP contribution < -0.4 is 10.1 Å². The molecule has 0 unspecified atom stereocenters. The van der Waals surface area contributed by atoms with Crippen LogP contribution in [0.2, 0.25) is 0 Å². The van der Waals surface area contributed by atoms with Gasteiger partial charge in [0.15, 0.2) is 6.61 Å². The van der Waals surface area contributed by atoms with E-state index in [-0.39, 0.29) is 12.5 Å². The van der Waals surface area contributed by atoms with E-state index in [1.54, 1.807) is 24.5 Å². The normalized spacial score (nSPS) is 10.5. The van der Waals surface area contributed by atoms with Gasteiger partial charge in [-0.1, -0.05) is 26.0 Å². The molecular weight excluding hydrogens is 264 g/mol. The maximum Gasteiger partial charge on any atom is 0.262 e. The Kier molecular flexibility index (Phi) is 4.93. The van der Waals surface area contributed by atoms with Gasteiger partial charge in [-0.05, 0) is 42.2 Å². The third-order valence-corrected chi connectivity index (χ3v) is 3.10. The Hall–Kier alpha value is -2.36. The molecule has 1 heterocycles. The van der Waals surface area contributed by atoms with Crippen LogP contribution in [0.1, 0.15) is 30.9 Å². The zero-order valence-electron chi connectivity index (χ0n) is 12.6. The predicted octanol–water partition coefficient (Wildman–Crippen LogP) is 3.53. The van der Waals surface area contributed by atoms with Crippen molar-refractivity contribution in [3.05, 3.63) is 53.9 Å². The molecule has 0 radical (unpaired) electrons. The number of carbonyl (C=O) groups is 1. The Labute approximate surface area is 125 Å².